The van der Waals surface area contributed by atoms with Crippen LogP contribution in [0.3, 0.4) is 0 Å². The fourth-order valence-corrected chi connectivity index (χ4v) is 3.56. The molecule has 0 unspecified atom stereocenters. The molecule has 0 saturated heterocycles. The minimum Gasteiger partial charge on any atom is -0.444 e. The Labute approximate surface area is 141 Å². The summed E-state index contributed by atoms with van der Waals surface area (Å²) >= 11 is 0. The van der Waals surface area contributed by atoms with Gasteiger partial charge in [0.15, 0.2) is 5.82 Å². The molecule has 2 heterocycles. The smallest absolute Gasteiger partial charge is 0.226 e. The molecular weight excluding hydrogens is 300 g/mol. The summed E-state index contributed by atoms with van der Waals surface area (Å²) in [4.78, 5) is 9.10. The lowest BCUT2D eigenvalue weighted by atomic mass is 9.86. The lowest BCUT2D eigenvalue weighted by Gasteiger charge is -2.27. The van der Waals surface area contributed by atoms with Crippen molar-refractivity contribution >= 4 is 0 Å². The standard InChI is InChI=1S/C19H22N4O/c20-16-8-4-5-14(11-16)12-23-10-9-21-18(23)17-13-24-19(22-17)15-6-2-1-3-7-15/h1-3,6-7,9-10,13-14,16H,4-5,8,11-12,20H2/t14-,16+/m0/s1. The fourth-order valence-electron chi connectivity index (χ4n) is 3.56. The van der Waals surface area contributed by atoms with E-state index in [2.05, 4.69) is 14.5 Å². The first kappa shape index (κ1) is 15.1. The lowest BCUT2D eigenvalue weighted by molar-refractivity contribution is 0.291. The summed E-state index contributed by atoms with van der Waals surface area (Å²) in [5.74, 6) is 2.10. The average molecular weight is 322 g/mol. The molecule has 1 aromatic carbocycles. The monoisotopic (exact) mass is 322 g/mol. The van der Waals surface area contributed by atoms with Gasteiger partial charge in [-0.05, 0) is 37.3 Å². The summed E-state index contributed by atoms with van der Waals surface area (Å²) < 4.78 is 7.83. The van der Waals surface area contributed by atoms with Crippen molar-refractivity contribution in [2.24, 2.45) is 11.7 Å². The Morgan fingerprint density at radius 2 is 2.08 bits per heavy atom. The normalized spacial score (nSPS) is 21.0. The van der Waals surface area contributed by atoms with Gasteiger partial charge in [0.25, 0.3) is 0 Å². The maximum absolute atomic E-state index is 6.12. The van der Waals surface area contributed by atoms with Crippen LogP contribution in [0.4, 0.5) is 0 Å². The van der Waals surface area contributed by atoms with E-state index in [0.717, 1.165) is 36.5 Å². The first-order valence-electron chi connectivity index (χ1n) is 8.57. The zero-order valence-corrected chi connectivity index (χ0v) is 13.6. The zero-order valence-electron chi connectivity index (χ0n) is 13.6. The molecule has 1 saturated carbocycles. The number of benzene rings is 1. The van der Waals surface area contributed by atoms with Gasteiger partial charge in [0.1, 0.15) is 12.0 Å². The van der Waals surface area contributed by atoms with E-state index in [1.54, 1.807) is 6.26 Å². The first-order chi connectivity index (χ1) is 11.8. The predicted octanol–water partition coefficient (Wildman–Crippen LogP) is 3.72. The number of imidazole rings is 1. The summed E-state index contributed by atoms with van der Waals surface area (Å²) in [5.41, 5.74) is 7.87. The molecule has 1 fully saturated rings. The molecule has 3 aromatic rings. The molecule has 0 spiro atoms. The van der Waals surface area contributed by atoms with Crippen molar-refractivity contribution in [1.29, 1.82) is 0 Å². The number of rotatable bonds is 4. The van der Waals surface area contributed by atoms with Crippen LogP contribution in [0.25, 0.3) is 23.0 Å². The Morgan fingerprint density at radius 3 is 2.92 bits per heavy atom. The molecule has 24 heavy (non-hydrogen) atoms. The number of nitrogens with zero attached hydrogens (tertiary/aromatic N) is 3. The van der Waals surface area contributed by atoms with E-state index in [9.17, 15) is 0 Å². The maximum atomic E-state index is 6.12. The van der Waals surface area contributed by atoms with Crippen LogP contribution in [0.1, 0.15) is 25.7 Å². The molecule has 5 heteroatoms. The van der Waals surface area contributed by atoms with Gasteiger partial charge in [-0.15, -0.1) is 0 Å². The molecule has 5 nitrogen and oxygen atoms in total. The first-order valence-corrected chi connectivity index (χ1v) is 8.57. The number of nitrogens with two attached hydrogens (primary N) is 1. The van der Waals surface area contributed by atoms with Crippen molar-refractivity contribution in [1.82, 2.24) is 14.5 Å². The van der Waals surface area contributed by atoms with Gasteiger partial charge in [0.2, 0.25) is 5.89 Å². The minimum absolute atomic E-state index is 0.340. The maximum Gasteiger partial charge on any atom is 0.226 e. The van der Waals surface area contributed by atoms with Gasteiger partial charge in [-0.3, -0.25) is 0 Å². The van der Waals surface area contributed by atoms with E-state index in [1.165, 1.54) is 12.8 Å². The highest BCUT2D eigenvalue weighted by molar-refractivity contribution is 5.58. The van der Waals surface area contributed by atoms with Crippen molar-refractivity contribution < 1.29 is 4.42 Å². The summed E-state index contributed by atoms with van der Waals surface area (Å²) in [6.07, 6.45) is 10.2. The summed E-state index contributed by atoms with van der Waals surface area (Å²) in [7, 11) is 0. The summed E-state index contributed by atoms with van der Waals surface area (Å²) in [5, 5.41) is 0. The molecule has 4 rings (SSSR count). The molecule has 0 radical (unpaired) electrons. The number of aromatic nitrogens is 3. The molecule has 0 amide bonds. The van der Waals surface area contributed by atoms with Crippen LogP contribution in [0.15, 0.2) is 53.4 Å². The lowest BCUT2D eigenvalue weighted by Crippen LogP contribution is -2.29. The van der Waals surface area contributed by atoms with Crippen LogP contribution in [-0.2, 0) is 6.54 Å². The van der Waals surface area contributed by atoms with Crippen molar-refractivity contribution in [3.63, 3.8) is 0 Å². The van der Waals surface area contributed by atoms with Crippen LogP contribution >= 0.6 is 0 Å². The number of hydrogen-bond donors (Lipinski definition) is 1. The van der Waals surface area contributed by atoms with Gasteiger partial charge in [-0.25, -0.2) is 9.97 Å². The van der Waals surface area contributed by atoms with E-state index in [-0.39, 0.29) is 0 Å². The second kappa shape index (κ2) is 6.61. The molecule has 0 aliphatic heterocycles. The SMILES string of the molecule is N[C@@H]1CCC[C@H](Cn2ccnc2-c2coc(-c3ccccc3)n2)C1. The number of hydrogen-bond acceptors (Lipinski definition) is 4. The molecule has 2 atom stereocenters. The van der Waals surface area contributed by atoms with Gasteiger partial charge in [0, 0.05) is 30.5 Å². The average Bonchev–Trinajstić information content (AvgIpc) is 3.25. The number of oxazole rings is 1. The highest BCUT2D eigenvalue weighted by Crippen LogP contribution is 2.28. The van der Waals surface area contributed by atoms with E-state index in [1.807, 2.05) is 42.7 Å². The third-order valence-corrected chi connectivity index (χ3v) is 4.75. The third kappa shape index (κ3) is 3.12. The van der Waals surface area contributed by atoms with Crippen molar-refractivity contribution in [3.05, 3.63) is 49.0 Å². The summed E-state index contributed by atoms with van der Waals surface area (Å²) in [6, 6.07) is 10.3. The van der Waals surface area contributed by atoms with Crippen LogP contribution in [0, 0.1) is 5.92 Å². The topological polar surface area (TPSA) is 69.9 Å². The van der Waals surface area contributed by atoms with Gasteiger partial charge in [0.05, 0.1) is 0 Å². The minimum atomic E-state index is 0.340. The van der Waals surface area contributed by atoms with E-state index < -0.39 is 0 Å². The van der Waals surface area contributed by atoms with Gasteiger partial charge in [-0.1, -0.05) is 24.6 Å². The fraction of sp³-hybridized carbons (Fsp3) is 0.368. The summed E-state index contributed by atoms with van der Waals surface area (Å²) in [6.45, 7) is 0.941. The Hall–Kier alpha value is -2.40. The third-order valence-electron chi connectivity index (χ3n) is 4.75. The largest absolute Gasteiger partial charge is 0.444 e. The molecule has 2 N–H and O–H groups in total. The second-order valence-corrected chi connectivity index (χ2v) is 6.60. The Balaban J connectivity index is 1.55. The molecule has 2 aromatic heterocycles. The van der Waals surface area contributed by atoms with E-state index >= 15 is 0 Å². The molecule has 0 bridgehead atoms. The highest BCUT2D eigenvalue weighted by Gasteiger charge is 2.21. The zero-order chi connectivity index (χ0) is 16.4. The van der Waals surface area contributed by atoms with Crippen molar-refractivity contribution in [2.75, 3.05) is 0 Å². The van der Waals surface area contributed by atoms with Crippen molar-refractivity contribution in [3.8, 4) is 23.0 Å². The molecule has 124 valence electrons. The van der Waals surface area contributed by atoms with Crippen LogP contribution in [-0.4, -0.2) is 20.6 Å². The van der Waals surface area contributed by atoms with E-state index in [0.29, 0.717) is 17.9 Å². The van der Waals surface area contributed by atoms with Crippen molar-refractivity contribution in [2.45, 2.75) is 38.3 Å². The van der Waals surface area contributed by atoms with Crippen LogP contribution in [0.2, 0.25) is 0 Å². The molecular formula is C19H22N4O. The van der Waals surface area contributed by atoms with Crippen LogP contribution in [0.5, 0.6) is 0 Å². The van der Waals surface area contributed by atoms with E-state index in [4.69, 9.17) is 10.2 Å². The van der Waals surface area contributed by atoms with Gasteiger partial charge < -0.3 is 14.7 Å². The Kier molecular flexibility index (Phi) is 4.17. The quantitative estimate of drug-likeness (QED) is 0.794. The van der Waals surface area contributed by atoms with Gasteiger partial charge >= 0.3 is 0 Å². The molecule has 1 aliphatic carbocycles. The predicted molar refractivity (Wildman–Crippen MR) is 93.1 cm³/mol. The Bertz CT molecular complexity index is 793. The second-order valence-electron chi connectivity index (χ2n) is 6.60. The molecule has 1 aliphatic rings. The van der Waals surface area contributed by atoms with Crippen LogP contribution < -0.4 is 5.73 Å². The highest BCUT2D eigenvalue weighted by atomic mass is 16.3. The Morgan fingerprint density at radius 1 is 1.21 bits per heavy atom. The van der Waals surface area contributed by atoms with Gasteiger partial charge in [-0.2, -0.15) is 0 Å².